The zero-order chi connectivity index (χ0) is 16.1. The van der Waals surface area contributed by atoms with E-state index in [-0.39, 0.29) is 6.04 Å². The summed E-state index contributed by atoms with van der Waals surface area (Å²) < 4.78 is 13.8. The Morgan fingerprint density at radius 1 is 1.39 bits per heavy atom. The molecule has 2 aliphatic rings. The second-order valence-electron chi connectivity index (χ2n) is 5.78. The van der Waals surface area contributed by atoms with Crippen LogP contribution in [0, 0.1) is 17.8 Å². The Kier molecular flexibility index (Phi) is 5.09. The average molecular weight is 315 g/mol. The summed E-state index contributed by atoms with van der Waals surface area (Å²) in [7, 11) is 0. The number of piperazine rings is 1. The van der Waals surface area contributed by atoms with Gasteiger partial charge < -0.3 is 15.1 Å². The molecule has 3 heterocycles. The van der Waals surface area contributed by atoms with Gasteiger partial charge in [-0.25, -0.2) is 9.98 Å². The molecule has 1 unspecified atom stereocenters. The first-order valence-electron chi connectivity index (χ1n) is 8.05. The number of halogens is 1. The summed E-state index contributed by atoms with van der Waals surface area (Å²) in [5, 5.41) is 3.35. The molecule has 0 aromatic carbocycles. The minimum Gasteiger partial charge on any atom is -0.340 e. The van der Waals surface area contributed by atoms with Gasteiger partial charge in [0.1, 0.15) is 0 Å². The number of nitrogens with one attached hydrogen (secondary N) is 1. The topological polar surface area (TPSA) is 43.8 Å². The molecule has 0 radical (unpaired) electrons. The van der Waals surface area contributed by atoms with E-state index in [2.05, 4.69) is 31.9 Å². The Morgan fingerprint density at radius 2 is 2.22 bits per heavy atom. The van der Waals surface area contributed by atoms with Gasteiger partial charge in [0.05, 0.1) is 12.6 Å². The molecule has 6 heteroatoms. The van der Waals surface area contributed by atoms with Crippen LogP contribution in [0.25, 0.3) is 0 Å². The third-order valence-electron chi connectivity index (χ3n) is 4.15. The molecule has 1 aromatic rings. The molecule has 1 atom stereocenters. The minimum atomic E-state index is -0.391. The van der Waals surface area contributed by atoms with Gasteiger partial charge in [0.2, 0.25) is 5.95 Å². The SMILES string of the molecule is CC#CCN1CC(Cc2cccnc2F)N=C1N1CCNCC1. The molecular weight excluding hydrogens is 293 g/mol. The highest BCUT2D eigenvalue weighted by Gasteiger charge is 2.29. The zero-order valence-electron chi connectivity index (χ0n) is 13.4. The molecule has 23 heavy (non-hydrogen) atoms. The predicted molar refractivity (Wildman–Crippen MR) is 88.6 cm³/mol. The van der Waals surface area contributed by atoms with Gasteiger partial charge in [-0.1, -0.05) is 12.0 Å². The van der Waals surface area contributed by atoms with Crippen molar-refractivity contribution >= 4 is 5.96 Å². The lowest BCUT2D eigenvalue weighted by Crippen LogP contribution is -2.51. The van der Waals surface area contributed by atoms with Crippen LogP contribution in [-0.4, -0.2) is 66.1 Å². The molecule has 122 valence electrons. The highest BCUT2D eigenvalue weighted by Crippen LogP contribution is 2.17. The largest absolute Gasteiger partial charge is 0.340 e. The molecule has 1 aromatic heterocycles. The Bertz CT molecular complexity index is 627. The quantitative estimate of drug-likeness (QED) is 0.660. The fraction of sp³-hybridized carbons (Fsp3) is 0.529. The monoisotopic (exact) mass is 315 g/mol. The number of hydrogen-bond acceptors (Lipinski definition) is 5. The van der Waals surface area contributed by atoms with Crippen LogP contribution < -0.4 is 5.32 Å². The Hall–Kier alpha value is -2.13. The first kappa shape index (κ1) is 15.8. The van der Waals surface area contributed by atoms with Crippen molar-refractivity contribution in [2.24, 2.45) is 4.99 Å². The maximum Gasteiger partial charge on any atom is 0.216 e. The van der Waals surface area contributed by atoms with Crippen molar-refractivity contribution in [3.8, 4) is 11.8 Å². The summed E-state index contributed by atoms with van der Waals surface area (Å²) >= 11 is 0. The molecule has 3 rings (SSSR count). The summed E-state index contributed by atoms with van der Waals surface area (Å²) in [6.07, 6.45) is 2.05. The van der Waals surface area contributed by atoms with Crippen molar-refractivity contribution in [1.82, 2.24) is 20.1 Å². The van der Waals surface area contributed by atoms with E-state index in [4.69, 9.17) is 4.99 Å². The molecule has 1 saturated heterocycles. The predicted octanol–water partition coefficient (Wildman–Crippen LogP) is 0.732. The van der Waals surface area contributed by atoms with Crippen molar-refractivity contribution in [2.45, 2.75) is 19.4 Å². The Morgan fingerprint density at radius 3 is 2.96 bits per heavy atom. The highest BCUT2D eigenvalue weighted by atomic mass is 19.1. The van der Waals surface area contributed by atoms with Crippen LogP contribution in [0.15, 0.2) is 23.3 Å². The zero-order valence-corrected chi connectivity index (χ0v) is 13.4. The third kappa shape index (κ3) is 3.80. The second-order valence-corrected chi connectivity index (χ2v) is 5.78. The van der Waals surface area contributed by atoms with Crippen LogP contribution in [0.3, 0.4) is 0 Å². The normalized spacial score (nSPS) is 21.0. The van der Waals surface area contributed by atoms with E-state index in [0.29, 0.717) is 18.5 Å². The lowest BCUT2D eigenvalue weighted by molar-refractivity contribution is 0.313. The van der Waals surface area contributed by atoms with Gasteiger partial charge in [-0.15, -0.1) is 5.92 Å². The molecular formula is C17H22FN5. The number of hydrogen-bond donors (Lipinski definition) is 1. The molecule has 0 spiro atoms. The average Bonchev–Trinajstić information content (AvgIpc) is 2.99. The maximum absolute atomic E-state index is 13.8. The maximum atomic E-state index is 13.8. The highest BCUT2D eigenvalue weighted by molar-refractivity contribution is 5.82. The summed E-state index contributed by atoms with van der Waals surface area (Å²) in [5.41, 5.74) is 0.629. The number of nitrogens with zero attached hydrogens (tertiary/aromatic N) is 4. The van der Waals surface area contributed by atoms with Gasteiger partial charge in [0.25, 0.3) is 0 Å². The number of pyridine rings is 1. The molecule has 5 nitrogen and oxygen atoms in total. The van der Waals surface area contributed by atoms with E-state index < -0.39 is 5.95 Å². The van der Waals surface area contributed by atoms with Crippen LogP contribution in [0.5, 0.6) is 0 Å². The van der Waals surface area contributed by atoms with Gasteiger partial charge in [-0.2, -0.15) is 4.39 Å². The van der Waals surface area contributed by atoms with Crippen molar-refractivity contribution < 1.29 is 4.39 Å². The van der Waals surface area contributed by atoms with Crippen molar-refractivity contribution in [2.75, 3.05) is 39.3 Å². The molecule has 0 aliphatic carbocycles. The summed E-state index contributed by atoms with van der Waals surface area (Å²) in [4.78, 5) is 13.1. The second kappa shape index (κ2) is 7.42. The Balaban J connectivity index is 1.74. The Labute approximate surface area is 136 Å². The first-order chi connectivity index (χ1) is 11.3. The van der Waals surface area contributed by atoms with Crippen molar-refractivity contribution in [3.63, 3.8) is 0 Å². The van der Waals surface area contributed by atoms with E-state index in [9.17, 15) is 4.39 Å². The van der Waals surface area contributed by atoms with E-state index >= 15 is 0 Å². The van der Waals surface area contributed by atoms with E-state index in [1.807, 2.05) is 6.92 Å². The number of rotatable bonds is 3. The molecule has 2 aliphatic heterocycles. The van der Waals surface area contributed by atoms with Crippen LogP contribution in [0.2, 0.25) is 0 Å². The van der Waals surface area contributed by atoms with E-state index in [1.165, 1.54) is 6.20 Å². The van der Waals surface area contributed by atoms with Gasteiger partial charge in [-0.3, -0.25) is 0 Å². The number of aliphatic imine (C=N–C) groups is 1. The van der Waals surface area contributed by atoms with Crippen LogP contribution >= 0.6 is 0 Å². The molecule has 0 amide bonds. The first-order valence-corrected chi connectivity index (χ1v) is 8.05. The lowest BCUT2D eigenvalue weighted by Gasteiger charge is -2.33. The molecule has 0 bridgehead atoms. The minimum absolute atomic E-state index is 0.0530. The lowest BCUT2D eigenvalue weighted by atomic mass is 10.1. The molecule has 1 fully saturated rings. The summed E-state index contributed by atoms with van der Waals surface area (Å²) in [6.45, 7) is 7.13. The summed E-state index contributed by atoms with van der Waals surface area (Å²) in [5.74, 6) is 6.68. The number of aromatic nitrogens is 1. The fourth-order valence-corrected chi connectivity index (χ4v) is 3.01. The van der Waals surface area contributed by atoms with Crippen LogP contribution in [0.4, 0.5) is 4.39 Å². The molecule has 1 N–H and O–H groups in total. The van der Waals surface area contributed by atoms with E-state index in [0.717, 1.165) is 38.7 Å². The third-order valence-corrected chi connectivity index (χ3v) is 4.15. The fourth-order valence-electron chi connectivity index (χ4n) is 3.01. The van der Waals surface area contributed by atoms with Gasteiger partial charge in [0, 0.05) is 50.9 Å². The number of guanidine groups is 1. The molecule has 0 saturated carbocycles. The summed E-state index contributed by atoms with van der Waals surface area (Å²) in [6, 6.07) is 3.61. The van der Waals surface area contributed by atoms with E-state index in [1.54, 1.807) is 12.1 Å². The standard InChI is InChI=1S/C17H22FN5/c1-2-3-9-23-13-15(12-14-5-4-6-20-16(14)18)21-17(23)22-10-7-19-8-11-22/h4-6,15,19H,7-13H2,1H3. The van der Waals surface area contributed by atoms with Crippen LogP contribution in [-0.2, 0) is 6.42 Å². The smallest absolute Gasteiger partial charge is 0.216 e. The van der Waals surface area contributed by atoms with Crippen molar-refractivity contribution in [3.05, 3.63) is 29.8 Å². The van der Waals surface area contributed by atoms with Crippen molar-refractivity contribution in [1.29, 1.82) is 0 Å². The van der Waals surface area contributed by atoms with Crippen LogP contribution in [0.1, 0.15) is 12.5 Å². The van der Waals surface area contributed by atoms with Gasteiger partial charge in [0.15, 0.2) is 5.96 Å². The van der Waals surface area contributed by atoms with Gasteiger partial charge >= 0.3 is 0 Å². The van der Waals surface area contributed by atoms with Gasteiger partial charge in [-0.05, 0) is 13.0 Å².